The number of nitrogens with zero attached hydrogens (tertiary/aromatic N) is 1. The third-order valence-corrected chi connectivity index (χ3v) is 6.21. The number of fused-ring (bicyclic) bond motifs is 2. The van der Waals surface area contributed by atoms with Crippen LogP contribution in [0.25, 0.3) is 0 Å². The fourth-order valence-electron chi connectivity index (χ4n) is 4.08. The first-order chi connectivity index (χ1) is 10.8. The highest BCUT2D eigenvalue weighted by molar-refractivity contribution is 5.95. The quantitative estimate of drug-likeness (QED) is 0.496. The molecule has 0 radical (unpaired) electrons. The van der Waals surface area contributed by atoms with E-state index in [-0.39, 0.29) is 16.7 Å². The lowest BCUT2D eigenvalue weighted by Crippen LogP contribution is -2.34. The van der Waals surface area contributed by atoms with Crippen molar-refractivity contribution >= 4 is 17.6 Å². The van der Waals surface area contributed by atoms with Crippen LogP contribution in [0, 0.1) is 16.7 Å². The van der Waals surface area contributed by atoms with Crippen LogP contribution in [0.1, 0.15) is 65.7 Å². The van der Waals surface area contributed by atoms with Gasteiger partial charge in [-0.25, -0.2) is 10.2 Å². The number of nitrogens with two attached hydrogens (primary N) is 1. The van der Waals surface area contributed by atoms with E-state index in [0.29, 0.717) is 18.9 Å². The van der Waals surface area contributed by atoms with E-state index >= 15 is 0 Å². The van der Waals surface area contributed by atoms with Crippen LogP contribution < -0.4 is 16.5 Å². The van der Waals surface area contributed by atoms with Gasteiger partial charge < -0.3 is 11.1 Å². The van der Waals surface area contributed by atoms with Crippen molar-refractivity contribution in [3.8, 4) is 0 Å². The largest absolute Gasteiger partial charge is 0.352 e. The van der Waals surface area contributed by atoms with E-state index in [0.717, 1.165) is 31.4 Å². The van der Waals surface area contributed by atoms with Gasteiger partial charge in [0.05, 0.1) is 0 Å². The first-order valence-electron chi connectivity index (χ1n) is 8.66. The average Bonchev–Trinajstić information content (AvgIpc) is 2.81. The molecule has 0 saturated heterocycles. The van der Waals surface area contributed by atoms with Crippen LogP contribution in [0.2, 0.25) is 0 Å². The van der Waals surface area contributed by atoms with E-state index in [1.54, 1.807) is 0 Å². The van der Waals surface area contributed by atoms with E-state index in [1.807, 2.05) is 0 Å². The predicted octanol–water partition coefficient (Wildman–Crippen LogP) is 2.53. The first-order valence-corrected chi connectivity index (χ1v) is 8.66. The molecule has 2 fully saturated rings. The molecule has 2 saturated carbocycles. The normalized spacial score (nSPS) is 29.7. The summed E-state index contributed by atoms with van der Waals surface area (Å²) < 4.78 is 0. The van der Waals surface area contributed by atoms with Crippen LogP contribution in [0.15, 0.2) is 5.10 Å². The Labute approximate surface area is 138 Å². The Hall–Kier alpha value is -1.59. The van der Waals surface area contributed by atoms with E-state index < -0.39 is 6.03 Å². The topological polar surface area (TPSA) is 96.6 Å². The number of hydrogen-bond acceptors (Lipinski definition) is 3. The lowest BCUT2D eigenvalue weighted by molar-refractivity contribution is -0.121. The molecule has 0 aromatic heterocycles. The van der Waals surface area contributed by atoms with Gasteiger partial charge in [0, 0.05) is 24.1 Å². The molecule has 0 spiro atoms. The van der Waals surface area contributed by atoms with Crippen LogP contribution >= 0.6 is 0 Å². The molecule has 130 valence electrons. The van der Waals surface area contributed by atoms with Crippen molar-refractivity contribution in [2.24, 2.45) is 27.6 Å². The molecule has 6 heteroatoms. The number of urea groups is 1. The van der Waals surface area contributed by atoms with Crippen molar-refractivity contribution < 1.29 is 9.59 Å². The molecule has 2 aliphatic rings. The number of nitrogens with one attached hydrogen (secondary N) is 2. The van der Waals surface area contributed by atoms with Gasteiger partial charge in [-0.1, -0.05) is 27.2 Å². The minimum absolute atomic E-state index is 0.0236. The molecule has 0 aromatic carbocycles. The van der Waals surface area contributed by atoms with Gasteiger partial charge in [-0.05, 0) is 43.4 Å². The van der Waals surface area contributed by atoms with Gasteiger partial charge in [0.2, 0.25) is 5.91 Å². The molecular weight excluding hydrogens is 292 g/mol. The number of hydrazone groups is 1. The Balaban J connectivity index is 1.70. The molecule has 0 aliphatic heterocycles. The molecule has 2 aliphatic carbocycles. The monoisotopic (exact) mass is 322 g/mol. The number of amides is 3. The number of hydrogen-bond donors (Lipinski definition) is 3. The average molecular weight is 322 g/mol. The molecule has 2 rings (SSSR count). The smallest absolute Gasteiger partial charge is 0.312 e. The lowest BCUT2D eigenvalue weighted by atomic mass is 9.70. The predicted molar refractivity (Wildman–Crippen MR) is 90.9 cm³/mol. The van der Waals surface area contributed by atoms with Crippen LogP contribution in [0.5, 0.6) is 0 Å². The molecule has 6 nitrogen and oxygen atoms in total. The summed E-state index contributed by atoms with van der Waals surface area (Å²) >= 11 is 0. The van der Waals surface area contributed by atoms with Crippen LogP contribution in [-0.4, -0.2) is 24.2 Å². The van der Waals surface area contributed by atoms with E-state index in [2.05, 4.69) is 36.6 Å². The highest BCUT2D eigenvalue weighted by Gasteiger charge is 2.59. The van der Waals surface area contributed by atoms with Crippen molar-refractivity contribution in [3.63, 3.8) is 0 Å². The van der Waals surface area contributed by atoms with Crippen molar-refractivity contribution in [2.75, 3.05) is 6.54 Å². The maximum Gasteiger partial charge on any atom is 0.312 e. The number of carbonyl (C=O) groups excluding carboxylic acids is 2. The van der Waals surface area contributed by atoms with Crippen molar-refractivity contribution in [3.05, 3.63) is 0 Å². The van der Waals surface area contributed by atoms with Gasteiger partial charge in [-0.3, -0.25) is 4.79 Å². The van der Waals surface area contributed by atoms with Gasteiger partial charge >= 0.3 is 6.03 Å². The Morgan fingerprint density at radius 1 is 1.26 bits per heavy atom. The van der Waals surface area contributed by atoms with Gasteiger partial charge in [0.1, 0.15) is 0 Å². The van der Waals surface area contributed by atoms with Crippen LogP contribution in [0.3, 0.4) is 0 Å². The van der Waals surface area contributed by atoms with E-state index in [4.69, 9.17) is 5.73 Å². The zero-order valence-electron chi connectivity index (χ0n) is 14.6. The fraction of sp³-hybridized carbons (Fsp3) is 0.824. The summed E-state index contributed by atoms with van der Waals surface area (Å²) in [5.74, 6) is 0.672. The number of rotatable bonds is 7. The van der Waals surface area contributed by atoms with E-state index in [9.17, 15) is 9.59 Å². The molecule has 23 heavy (non-hydrogen) atoms. The molecule has 2 bridgehead atoms. The highest BCUT2D eigenvalue weighted by atomic mass is 16.2. The summed E-state index contributed by atoms with van der Waals surface area (Å²) in [4.78, 5) is 22.4. The van der Waals surface area contributed by atoms with Gasteiger partial charge in [0.25, 0.3) is 0 Å². The molecule has 0 unspecified atom stereocenters. The maximum atomic E-state index is 11.9. The van der Waals surface area contributed by atoms with Crippen LogP contribution in [0.4, 0.5) is 4.79 Å². The summed E-state index contributed by atoms with van der Waals surface area (Å²) in [6.45, 7) is 7.51. The minimum Gasteiger partial charge on any atom is -0.352 e. The Bertz CT molecular complexity index is 501. The summed E-state index contributed by atoms with van der Waals surface area (Å²) in [5, 5.41) is 6.99. The number of unbranched alkanes of at least 4 members (excludes halogenated alkanes) is 2. The van der Waals surface area contributed by atoms with E-state index in [1.165, 1.54) is 12.8 Å². The molecule has 2 atom stereocenters. The molecule has 0 heterocycles. The number of carbonyl (C=O) groups is 2. The zero-order valence-corrected chi connectivity index (χ0v) is 14.6. The van der Waals surface area contributed by atoms with Crippen molar-refractivity contribution in [2.45, 2.75) is 65.7 Å². The van der Waals surface area contributed by atoms with Crippen LogP contribution in [-0.2, 0) is 4.79 Å². The summed E-state index contributed by atoms with van der Waals surface area (Å²) in [7, 11) is 0. The molecule has 4 N–H and O–H groups in total. The Morgan fingerprint density at radius 3 is 2.57 bits per heavy atom. The zero-order chi connectivity index (χ0) is 17.1. The summed E-state index contributed by atoms with van der Waals surface area (Å²) in [6.07, 6.45) is 6.44. The third-order valence-electron chi connectivity index (χ3n) is 6.21. The lowest BCUT2D eigenvalue weighted by Gasteiger charge is -2.34. The van der Waals surface area contributed by atoms with Crippen molar-refractivity contribution in [1.29, 1.82) is 0 Å². The minimum atomic E-state index is -0.499. The first kappa shape index (κ1) is 17.8. The Kier molecular flexibility index (Phi) is 5.32. The van der Waals surface area contributed by atoms with Gasteiger partial charge in [-0.2, -0.15) is 5.10 Å². The van der Waals surface area contributed by atoms with Gasteiger partial charge in [0.15, 0.2) is 0 Å². The SMILES string of the molecule is CC1(C)[C@@H]2CC[C@]1(C)/C(=N/NC(=O)CCCCCNC(N)=O)C2. The fourth-order valence-corrected chi connectivity index (χ4v) is 4.08. The Morgan fingerprint density at radius 2 is 2.00 bits per heavy atom. The molecule has 3 amide bonds. The van der Waals surface area contributed by atoms with Crippen molar-refractivity contribution in [1.82, 2.24) is 10.7 Å². The standard InChI is InChI=1S/C17H30N4O2/c1-16(2)12-8-9-17(16,3)13(11-12)20-21-14(22)7-5-4-6-10-19-15(18)23/h12H,4-11H2,1-3H3,(H,21,22)(H3,18,19,23)/b20-13+/t12-,17-/m1/s1. The van der Waals surface area contributed by atoms with Gasteiger partial charge in [-0.15, -0.1) is 0 Å². The molecule has 0 aromatic rings. The maximum absolute atomic E-state index is 11.9. The molecular formula is C17H30N4O2. The number of primary amides is 1. The summed E-state index contributed by atoms with van der Waals surface area (Å²) in [6, 6.07) is -0.499. The second-order valence-corrected chi connectivity index (χ2v) is 7.69. The third kappa shape index (κ3) is 3.67. The highest BCUT2D eigenvalue weighted by Crippen LogP contribution is 2.63. The summed E-state index contributed by atoms with van der Waals surface area (Å²) in [5.41, 5.74) is 9.30. The second kappa shape index (κ2) is 6.89. The second-order valence-electron chi connectivity index (χ2n) is 7.69.